The molecule has 0 atom stereocenters. The number of benzene rings is 2. The first kappa shape index (κ1) is 18.0. The molecule has 1 N–H and O–H groups in total. The van der Waals surface area contributed by atoms with E-state index in [1.54, 1.807) is 12.1 Å². The first-order valence-electron chi connectivity index (χ1n) is 8.98. The Bertz CT molecular complexity index is 983. The van der Waals surface area contributed by atoms with Crippen molar-refractivity contribution in [1.29, 1.82) is 0 Å². The van der Waals surface area contributed by atoms with Gasteiger partial charge in [-0.3, -0.25) is 9.52 Å². The first-order chi connectivity index (χ1) is 12.9. The van der Waals surface area contributed by atoms with E-state index >= 15 is 0 Å². The summed E-state index contributed by atoms with van der Waals surface area (Å²) in [7, 11) is -3.34. The average Bonchev–Trinajstić information content (AvgIpc) is 3.43. The van der Waals surface area contributed by atoms with Crippen molar-refractivity contribution in [2.75, 3.05) is 29.0 Å². The molecule has 0 spiro atoms. The fourth-order valence-corrected chi connectivity index (χ4v) is 3.87. The smallest absolute Gasteiger partial charge is 0.253 e. The third-order valence-electron chi connectivity index (χ3n) is 4.80. The van der Waals surface area contributed by atoms with Crippen molar-refractivity contribution in [3.8, 4) is 11.1 Å². The zero-order valence-electron chi connectivity index (χ0n) is 15.1. The van der Waals surface area contributed by atoms with Crippen molar-refractivity contribution in [2.24, 2.45) is 5.92 Å². The Morgan fingerprint density at radius 3 is 2.63 bits per heavy atom. The Balaban J connectivity index is 1.71. The largest absolute Gasteiger partial charge is 0.367 e. The normalized spacial score (nSPS) is 17.4. The summed E-state index contributed by atoms with van der Waals surface area (Å²) in [5, 5.41) is 0. The van der Waals surface area contributed by atoms with E-state index in [0.29, 0.717) is 18.2 Å². The summed E-state index contributed by atoms with van der Waals surface area (Å²) in [5.41, 5.74) is 4.22. The van der Waals surface area contributed by atoms with Gasteiger partial charge in [-0.2, -0.15) is 0 Å². The predicted octanol–water partition coefficient (Wildman–Crippen LogP) is 3.00. The van der Waals surface area contributed by atoms with E-state index in [1.165, 1.54) is 12.8 Å². The Morgan fingerprint density at radius 2 is 1.89 bits per heavy atom. The number of nitrogens with zero attached hydrogens (tertiary/aromatic N) is 1. The molecule has 6 nitrogen and oxygen atoms in total. The predicted molar refractivity (Wildman–Crippen MR) is 105 cm³/mol. The zero-order valence-corrected chi connectivity index (χ0v) is 16.0. The molecule has 1 fully saturated rings. The van der Waals surface area contributed by atoms with Gasteiger partial charge in [0.25, 0.3) is 5.91 Å². The molecule has 0 unspecified atom stereocenters. The summed E-state index contributed by atoms with van der Waals surface area (Å²) in [6.07, 6.45) is 3.46. The quantitative estimate of drug-likeness (QED) is 0.857. The van der Waals surface area contributed by atoms with E-state index in [0.717, 1.165) is 35.2 Å². The van der Waals surface area contributed by atoms with Crippen LogP contribution in [-0.4, -0.2) is 33.7 Å². The Morgan fingerprint density at radius 1 is 1.11 bits per heavy atom. The molecule has 1 aliphatic heterocycles. The molecule has 142 valence electrons. The van der Waals surface area contributed by atoms with Crippen molar-refractivity contribution in [3.05, 3.63) is 48.0 Å². The maximum Gasteiger partial charge on any atom is 0.253 e. The molecule has 0 saturated heterocycles. The fraction of sp³-hybridized carbons (Fsp3) is 0.350. The Kier molecular flexibility index (Phi) is 4.65. The summed E-state index contributed by atoms with van der Waals surface area (Å²) in [6.45, 7) is 1.25. The van der Waals surface area contributed by atoms with Crippen molar-refractivity contribution >= 4 is 27.3 Å². The molecule has 2 aromatic rings. The van der Waals surface area contributed by atoms with E-state index in [-0.39, 0.29) is 12.5 Å². The highest BCUT2D eigenvalue weighted by Crippen LogP contribution is 2.36. The van der Waals surface area contributed by atoms with Crippen LogP contribution in [0.1, 0.15) is 18.4 Å². The van der Waals surface area contributed by atoms with E-state index in [2.05, 4.69) is 4.72 Å². The number of anilines is 2. The van der Waals surface area contributed by atoms with Gasteiger partial charge in [0.2, 0.25) is 10.0 Å². The first-order valence-corrected chi connectivity index (χ1v) is 10.9. The van der Waals surface area contributed by atoms with Crippen LogP contribution in [0, 0.1) is 5.92 Å². The van der Waals surface area contributed by atoms with Gasteiger partial charge in [0, 0.05) is 23.5 Å². The van der Waals surface area contributed by atoms with Crippen LogP contribution in [0.15, 0.2) is 42.5 Å². The molecule has 0 aromatic heterocycles. The summed E-state index contributed by atoms with van der Waals surface area (Å²) < 4.78 is 31.0. The number of hydrogen-bond acceptors (Lipinski definition) is 4. The maximum atomic E-state index is 12.5. The molecule has 27 heavy (non-hydrogen) atoms. The standard InChI is InChI=1S/C20H22N2O4S/c1-27(24,25)21-18-4-2-3-15(9-18)16-7-8-17-12-26-13-20(23)22(19(17)10-16)11-14-5-6-14/h2-4,7-10,14,21H,5-6,11-13H2,1H3. The van der Waals surface area contributed by atoms with Gasteiger partial charge in [0.1, 0.15) is 6.61 Å². The average molecular weight is 386 g/mol. The van der Waals surface area contributed by atoms with Crippen LogP contribution < -0.4 is 9.62 Å². The minimum absolute atomic E-state index is 0.00899. The van der Waals surface area contributed by atoms with E-state index in [4.69, 9.17) is 4.74 Å². The molecule has 2 aromatic carbocycles. The van der Waals surface area contributed by atoms with Crippen LogP contribution in [0.3, 0.4) is 0 Å². The number of sulfonamides is 1. The summed E-state index contributed by atoms with van der Waals surface area (Å²) >= 11 is 0. The number of hydrogen-bond donors (Lipinski definition) is 1. The molecule has 1 aliphatic carbocycles. The van der Waals surface area contributed by atoms with Gasteiger partial charge in [0.05, 0.1) is 12.9 Å². The lowest BCUT2D eigenvalue weighted by molar-refractivity contribution is -0.123. The second-order valence-corrected chi connectivity index (χ2v) is 8.99. The SMILES string of the molecule is CS(=O)(=O)Nc1cccc(-c2ccc3c(c2)N(CC2CC2)C(=O)COC3)c1. The highest BCUT2D eigenvalue weighted by molar-refractivity contribution is 7.92. The van der Waals surface area contributed by atoms with Crippen LogP contribution >= 0.6 is 0 Å². The minimum Gasteiger partial charge on any atom is -0.367 e. The fourth-order valence-electron chi connectivity index (χ4n) is 3.31. The monoisotopic (exact) mass is 386 g/mol. The molecule has 2 aliphatic rings. The van der Waals surface area contributed by atoms with Crippen molar-refractivity contribution < 1.29 is 17.9 Å². The zero-order chi connectivity index (χ0) is 19.0. The van der Waals surface area contributed by atoms with Crippen molar-refractivity contribution in [1.82, 2.24) is 0 Å². The maximum absolute atomic E-state index is 12.5. The van der Waals surface area contributed by atoms with Gasteiger partial charge < -0.3 is 9.64 Å². The third kappa shape index (κ3) is 4.31. The lowest BCUT2D eigenvalue weighted by atomic mass is 10.0. The van der Waals surface area contributed by atoms with Gasteiger partial charge in [-0.05, 0) is 48.1 Å². The molecular weight excluding hydrogens is 364 g/mol. The van der Waals surface area contributed by atoms with Gasteiger partial charge in [-0.25, -0.2) is 8.42 Å². The molecule has 7 heteroatoms. The van der Waals surface area contributed by atoms with Gasteiger partial charge in [-0.15, -0.1) is 0 Å². The molecule has 0 radical (unpaired) electrons. The number of carbonyl (C=O) groups is 1. The van der Waals surface area contributed by atoms with Crippen LogP contribution in [0.5, 0.6) is 0 Å². The van der Waals surface area contributed by atoms with Gasteiger partial charge >= 0.3 is 0 Å². The van der Waals surface area contributed by atoms with Crippen molar-refractivity contribution in [3.63, 3.8) is 0 Å². The van der Waals surface area contributed by atoms with Crippen LogP contribution in [0.4, 0.5) is 11.4 Å². The number of carbonyl (C=O) groups excluding carboxylic acids is 1. The second kappa shape index (κ2) is 6.98. The van der Waals surface area contributed by atoms with Crippen LogP contribution in [0.2, 0.25) is 0 Å². The summed E-state index contributed by atoms with van der Waals surface area (Å²) in [5.74, 6) is 0.566. The van der Waals surface area contributed by atoms with Crippen LogP contribution in [0.25, 0.3) is 11.1 Å². The summed E-state index contributed by atoms with van der Waals surface area (Å²) in [4.78, 5) is 14.4. The molecule has 4 rings (SSSR count). The third-order valence-corrected chi connectivity index (χ3v) is 5.40. The highest BCUT2D eigenvalue weighted by Gasteiger charge is 2.30. The van der Waals surface area contributed by atoms with Gasteiger partial charge in [-0.1, -0.05) is 24.3 Å². The number of amides is 1. The number of ether oxygens (including phenoxy) is 1. The molecule has 1 heterocycles. The minimum atomic E-state index is -3.34. The van der Waals surface area contributed by atoms with Crippen LogP contribution in [-0.2, 0) is 26.2 Å². The second-order valence-electron chi connectivity index (χ2n) is 7.24. The van der Waals surface area contributed by atoms with Gasteiger partial charge in [0.15, 0.2) is 0 Å². The molecule has 1 saturated carbocycles. The molecule has 1 amide bonds. The number of fused-ring (bicyclic) bond motifs is 1. The number of rotatable bonds is 5. The molecular formula is C20H22N2O4S. The van der Waals surface area contributed by atoms with E-state index in [9.17, 15) is 13.2 Å². The van der Waals surface area contributed by atoms with E-state index in [1.807, 2.05) is 35.2 Å². The van der Waals surface area contributed by atoms with E-state index < -0.39 is 10.0 Å². The Labute approximate surface area is 159 Å². The lowest BCUT2D eigenvalue weighted by Crippen LogP contribution is -2.34. The Hall–Kier alpha value is -2.38. The number of nitrogens with one attached hydrogen (secondary N) is 1. The lowest BCUT2D eigenvalue weighted by Gasteiger charge is -2.23. The topological polar surface area (TPSA) is 75.7 Å². The van der Waals surface area contributed by atoms with Crippen molar-refractivity contribution in [2.45, 2.75) is 19.4 Å². The molecule has 0 bridgehead atoms. The summed E-state index contributed by atoms with van der Waals surface area (Å²) in [6, 6.07) is 13.2. The highest BCUT2D eigenvalue weighted by atomic mass is 32.2.